The van der Waals surface area contributed by atoms with Crippen molar-refractivity contribution < 1.29 is 4.79 Å². The third-order valence-electron chi connectivity index (χ3n) is 5.08. The van der Waals surface area contributed by atoms with Crippen molar-refractivity contribution in [3.8, 4) is 0 Å². The Morgan fingerprint density at radius 3 is 2.17 bits per heavy atom. The van der Waals surface area contributed by atoms with Crippen molar-refractivity contribution >= 4 is 5.78 Å². The predicted octanol–water partition coefficient (Wildman–Crippen LogP) is 5.23. The number of Topliss-reactive ketones (excluding diaryl/α,β-unsaturated/α-hetero) is 1. The first-order chi connectivity index (χ1) is 11.8. The molecule has 1 N–H and O–H groups in total. The number of piperidine rings is 1. The average Bonchev–Trinajstić information content (AvgIpc) is 2.64. The Morgan fingerprint density at radius 1 is 0.917 bits per heavy atom. The summed E-state index contributed by atoms with van der Waals surface area (Å²) in [5.74, 6) is 0.506. The quantitative estimate of drug-likeness (QED) is 0.738. The van der Waals surface area contributed by atoms with Gasteiger partial charge in [-0.15, -0.1) is 0 Å². The van der Waals surface area contributed by atoms with Crippen molar-refractivity contribution in [3.63, 3.8) is 0 Å². The Hall–Kier alpha value is -1.93. The molecule has 1 heterocycles. The Kier molecular flexibility index (Phi) is 5.81. The van der Waals surface area contributed by atoms with Crippen LogP contribution >= 0.6 is 0 Å². The van der Waals surface area contributed by atoms with Crippen LogP contribution in [0.25, 0.3) is 0 Å². The molecule has 0 aliphatic carbocycles. The van der Waals surface area contributed by atoms with Gasteiger partial charge in [-0.1, -0.05) is 86.8 Å². The van der Waals surface area contributed by atoms with Gasteiger partial charge in [-0.05, 0) is 17.5 Å². The van der Waals surface area contributed by atoms with Gasteiger partial charge in [-0.25, -0.2) is 0 Å². The molecule has 126 valence electrons. The van der Waals surface area contributed by atoms with Gasteiger partial charge in [0.1, 0.15) is 5.78 Å². The first kappa shape index (κ1) is 16.9. The van der Waals surface area contributed by atoms with Crippen LogP contribution in [0.5, 0.6) is 0 Å². The normalized spacial score (nSPS) is 24.0. The van der Waals surface area contributed by atoms with Crippen LogP contribution in [0.2, 0.25) is 0 Å². The molecule has 2 heteroatoms. The summed E-state index contributed by atoms with van der Waals surface area (Å²) in [6, 6.07) is 21.0. The molecule has 0 bridgehead atoms. The second-order valence-corrected chi connectivity index (χ2v) is 6.79. The van der Waals surface area contributed by atoms with Gasteiger partial charge >= 0.3 is 0 Å². The van der Waals surface area contributed by atoms with Gasteiger partial charge in [0.15, 0.2) is 0 Å². The molecule has 2 nitrogen and oxygen atoms in total. The standard InChI is InChI=1S/C22H27NO/c1-2-3-6-15-19-21(24)16-20(17-11-7-4-8-12-17)23-22(19)18-13-9-5-10-14-18/h4-5,7-14,19-20,22-23H,2-3,6,15-16H2,1H3/t19-,20+,22+/m0/s1. The molecule has 1 saturated heterocycles. The minimum atomic E-state index is 0.0962. The molecule has 0 aromatic heterocycles. The summed E-state index contributed by atoms with van der Waals surface area (Å²) in [4.78, 5) is 12.9. The van der Waals surface area contributed by atoms with Gasteiger partial charge in [-0.3, -0.25) is 4.79 Å². The van der Waals surface area contributed by atoms with Crippen LogP contribution in [0.1, 0.15) is 62.2 Å². The summed E-state index contributed by atoms with van der Waals surface area (Å²) in [5, 5.41) is 3.77. The van der Waals surface area contributed by atoms with E-state index in [0.717, 1.165) is 12.8 Å². The highest BCUT2D eigenvalue weighted by Crippen LogP contribution is 2.37. The number of hydrogen-bond donors (Lipinski definition) is 1. The Balaban J connectivity index is 1.83. The number of carbonyl (C=O) groups is 1. The topological polar surface area (TPSA) is 29.1 Å². The molecule has 0 saturated carbocycles. The minimum Gasteiger partial charge on any atom is -0.302 e. The van der Waals surface area contributed by atoms with Gasteiger partial charge in [-0.2, -0.15) is 0 Å². The van der Waals surface area contributed by atoms with E-state index in [-0.39, 0.29) is 18.0 Å². The van der Waals surface area contributed by atoms with E-state index in [0.29, 0.717) is 12.2 Å². The predicted molar refractivity (Wildman–Crippen MR) is 98.8 cm³/mol. The molecule has 1 aliphatic heterocycles. The number of unbranched alkanes of at least 4 members (excludes halogenated alkanes) is 2. The molecule has 3 rings (SSSR count). The van der Waals surface area contributed by atoms with Crippen LogP contribution in [0, 0.1) is 5.92 Å². The second-order valence-electron chi connectivity index (χ2n) is 6.79. The molecular weight excluding hydrogens is 294 g/mol. The van der Waals surface area contributed by atoms with E-state index in [1.54, 1.807) is 0 Å². The highest BCUT2D eigenvalue weighted by atomic mass is 16.1. The smallest absolute Gasteiger partial charge is 0.139 e. The van der Waals surface area contributed by atoms with Gasteiger partial charge < -0.3 is 5.32 Å². The number of hydrogen-bond acceptors (Lipinski definition) is 2. The molecule has 0 radical (unpaired) electrons. The lowest BCUT2D eigenvalue weighted by molar-refractivity contribution is -0.127. The van der Waals surface area contributed by atoms with Crippen LogP contribution in [0.15, 0.2) is 60.7 Å². The summed E-state index contributed by atoms with van der Waals surface area (Å²) in [5.41, 5.74) is 2.44. The van der Waals surface area contributed by atoms with Crippen molar-refractivity contribution in [2.24, 2.45) is 5.92 Å². The van der Waals surface area contributed by atoms with E-state index < -0.39 is 0 Å². The first-order valence-electron chi connectivity index (χ1n) is 9.18. The second kappa shape index (κ2) is 8.25. The van der Waals surface area contributed by atoms with Gasteiger partial charge in [0, 0.05) is 24.4 Å². The summed E-state index contributed by atoms with van der Waals surface area (Å²) < 4.78 is 0. The van der Waals surface area contributed by atoms with Gasteiger partial charge in [0.05, 0.1) is 0 Å². The molecule has 3 atom stereocenters. The Bertz CT molecular complexity index is 638. The molecule has 0 amide bonds. The molecule has 1 fully saturated rings. The summed E-state index contributed by atoms with van der Waals surface area (Å²) in [7, 11) is 0. The molecule has 24 heavy (non-hydrogen) atoms. The van der Waals surface area contributed by atoms with Crippen LogP contribution in [0.3, 0.4) is 0 Å². The van der Waals surface area contributed by atoms with Crippen LogP contribution in [-0.4, -0.2) is 5.78 Å². The Morgan fingerprint density at radius 2 is 1.54 bits per heavy atom. The number of benzene rings is 2. The molecule has 2 aromatic carbocycles. The van der Waals surface area contributed by atoms with Crippen molar-refractivity contribution in [2.45, 2.75) is 51.1 Å². The fourth-order valence-corrected chi connectivity index (χ4v) is 3.76. The van der Waals surface area contributed by atoms with E-state index in [1.165, 1.54) is 24.0 Å². The fraction of sp³-hybridized carbons (Fsp3) is 0.409. The maximum atomic E-state index is 12.9. The van der Waals surface area contributed by atoms with E-state index in [2.05, 4.69) is 48.6 Å². The molecule has 0 unspecified atom stereocenters. The lowest BCUT2D eigenvalue weighted by Crippen LogP contribution is -2.42. The van der Waals surface area contributed by atoms with E-state index in [1.807, 2.05) is 24.3 Å². The van der Waals surface area contributed by atoms with Crippen LogP contribution in [-0.2, 0) is 4.79 Å². The maximum Gasteiger partial charge on any atom is 0.139 e. The molecular formula is C22H27NO. The van der Waals surface area contributed by atoms with Gasteiger partial charge in [0.25, 0.3) is 0 Å². The highest BCUT2D eigenvalue weighted by Gasteiger charge is 2.36. The van der Waals surface area contributed by atoms with E-state index in [9.17, 15) is 4.79 Å². The van der Waals surface area contributed by atoms with Crippen LogP contribution in [0.4, 0.5) is 0 Å². The number of nitrogens with one attached hydrogen (secondary N) is 1. The molecule has 2 aromatic rings. The lowest BCUT2D eigenvalue weighted by Gasteiger charge is -2.37. The van der Waals surface area contributed by atoms with E-state index in [4.69, 9.17) is 0 Å². The third-order valence-corrected chi connectivity index (χ3v) is 5.08. The SMILES string of the molecule is CCCCC[C@H]1C(=O)C[C@H](c2ccccc2)N[C@@H]1c1ccccc1. The lowest BCUT2D eigenvalue weighted by atomic mass is 9.78. The summed E-state index contributed by atoms with van der Waals surface area (Å²) in [6.07, 6.45) is 5.11. The fourth-order valence-electron chi connectivity index (χ4n) is 3.76. The largest absolute Gasteiger partial charge is 0.302 e. The number of ketones is 1. The molecule has 0 spiro atoms. The van der Waals surface area contributed by atoms with Crippen molar-refractivity contribution in [2.75, 3.05) is 0 Å². The van der Waals surface area contributed by atoms with Gasteiger partial charge in [0.2, 0.25) is 0 Å². The zero-order valence-electron chi connectivity index (χ0n) is 14.4. The first-order valence-corrected chi connectivity index (χ1v) is 9.18. The number of rotatable bonds is 6. The third kappa shape index (κ3) is 3.93. The summed E-state index contributed by atoms with van der Waals surface area (Å²) >= 11 is 0. The van der Waals surface area contributed by atoms with Crippen molar-refractivity contribution in [1.82, 2.24) is 5.32 Å². The Labute approximate surface area is 145 Å². The zero-order chi connectivity index (χ0) is 16.8. The van der Waals surface area contributed by atoms with Crippen LogP contribution < -0.4 is 5.32 Å². The maximum absolute atomic E-state index is 12.9. The molecule has 1 aliphatic rings. The monoisotopic (exact) mass is 321 g/mol. The minimum absolute atomic E-state index is 0.0962. The average molecular weight is 321 g/mol. The number of carbonyl (C=O) groups excluding carboxylic acids is 1. The summed E-state index contributed by atoms with van der Waals surface area (Å²) in [6.45, 7) is 2.21. The van der Waals surface area contributed by atoms with Crippen molar-refractivity contribution in [3.05, 3.63) is 71.8 Å². The highest BCUT2D eigenvalue weighted by molar-refractivity contribution is 5.83. The zero-order valence-corrected chi connectivity index (χ0v) is 14.4. The van der Waals surface area contributed by atoms with E-state index >= 15 is 0 Å². The van der Waals surface area contributed by atoms with Crippen molar-refractivity contribution in [1.29, 1.82) is 0 Å².